The van der Waals surface area contributed by atoms with E-state index >= 15 is 0 Å². The summed E-state index contributed by atoms with van der Waals surface area (Å²) < 4.78 is 0. The number of hydrogen-bond donors (Lipinski definition) is 1. The molecule has 0 saturated carbocycles. The molecule has 0 bridgehead atoms. The zero-order chi connectivity index (χ0) is 17.0. The number of allylic oxidation sites excluding steroid dienone is 6. The van der Waals surface area contributed by atoms with Crippen molar-refractivity contribution in [2.45, 2.75) is 20.3 Å². The maximum absolute atomic E-state index is 4.40. The number of rotatable bonds is 10. The third-order valence-corrected chi connectivity index (χ3v) is 2.88. The first-order valence-corrected chi connectivity index (χ1v) is 6.98. The van der Waals surface area contributed by atoms with Gasteiger partial charge in [-0.15, -0.1) is 0 Å². The quantitative estimate of drug-likeness (QED) is 0.453. The van der Waals surface area contributed by atoms with Crippen LogP contribution >= 0.6 is 0 Å². The first kappa shape index (κ1) is 19.3. The lowest BCUT2D eigenvalue weighted by Crippen LogP contribution is -2.15. The van der Waals surface area contributed by atoms with Crippen molar-refractivity contribution in [1.82, 2.24) is 5.32 Å². The monoisotopic (exact) mass is 295 g/mol. The molecule has 3 heteroatoms. The van der Waals surface area contributed by atoms with Gasteiger partial charge in [0.25, 0.3) is 0 Å². The topological polar surface area (TPSA) is 36.8 Å². The van der Waals surface area contributed by atoms with E-state index in [4.69, 9.17) is 0 Å². The van der Waals surface area contributed by atoms with E-state index in [1.165, 1.54) is 0 Å². The normalized spacial score (nSPS) is 13.4. The third-order valence-electron chi connectivity index (χ3n) is 2.88. The van der Waals surface area contributed by atoms with Gasteiger partial charge in [-0.1, -0.05) is 51.5 Å². The Labute approximate surface area is 134 Å². The third kappa shape index (κ3) is 6.18. The number of hydrogen-bond acceptors (Lipinski definition) is 3. The van der Waals surface area contributed by atoms with E-state index in [2.05, 4.69) is 55.3 Å². The maximum Gasteiger partial charge on any atom is 0.0450 e. The van der Waals surface area contributed by atoms with Crippen LogP contribution in [-0.2, 0) is 0 Å². The summed E-state index contributed by atoms with van der Waals surface area (Å²) in [7, 11) is 0. The molecule has 0 saturated heterocycles. The lowest BCUT2D eigenvalue weighted by Gasteiger charge is -2.16. The number of nitrogens with one attached hydrogen (secondary N) is 1. The fraction of sp³-hybridized carbons (Fsp3) is 0.158. The zero-order valence-electron chi connectivity index (χ0n) is 13.6. The van der Waals surface area contributed by atoms with E-state index < -0.39 is 0 Å². The van der Waals surface area contributed by atoms with Crippen LogP contribution in [0.1, 0.15) is 20.3 Å². The van der Waals surface area contributed by atoms with Gasteiger partial charge >= 0.3 is 0 Å². The molecule has 0 radical (unpaired) electrons. The summed E-state index contributed by atoms with van der Waals surface area (Å²) in [5.41, 5.74) is 4.29. The van der Waals surface area contributed by atoms with E-state index in [0.29, 0.717) is 5.70 Å². The molecule has 0 aliphatic carbocycles. The molecule has 0 unspecified atom stereocenters. The molecular formula is C19H25N3. The molecule has 0 fully saturated rings. The summed E-state index contributed by atoms with van der Waals surface area (Å²) in [4.78, 5) is 8.15. The Morgan fingerprint density at radius 2 is 1.86 bits per heavy atom. The summed E-state index contributed by atoms with van der Waals surface area (Å²) in [6.07, 6.45) is 11.0. The van der Waals surface area contributed by atoms with Gasteiger partial charge in [-0.2, -0.15) is 0 Å². The molecular weight excluding hydrogens is 270 g/mol. The van der Waals surface area contributed by atoms with Gasteiger partial charge in [0.1, 0.15) is 0 Å². The Balaban J connectivity index is 5.62. The van der Waals surface area contributed by atoms with E-state index in [9.17, 15) is 0 Å². The molecule has 0 aromatic heterocycles. The standard InChI is InChI=1S/C19H25N3/c1-8-12-19(15(5)18(11-4)21-13-9-2)22-16(6)17(10-3)14-20-7/h8-10,12-14,22H,1-3,6-7,11H2,4-5H3/b17-14-,18-15+,19-12+,21-13?. The van der Waals surface area contributed by atoms with E-state index in [0.717, 1.165) is 29.0 Å². The van der Waals surface area contributed by atoms with Crippen LogP contribution in [0.25, 0.3) is 0 Å². The Hall–Kier alpha value is -2.68. The molecule has 0 rings (SSSR count). The predicted octanol–water partition coefficient (Wildman–Crippen LogP) is 4.87. The fourth-order valence-electron chi connectivity index (χ4n) is 1.72. The van der Waals surface area contributed by atoms with Crippen molar-refractivity contribution in [1.29, 1.82) is 0 Å². The Bertz CT molecular complexity index is 569. The van der Waals surface area contributed by atoms with Crippen LogP contribution in [0.4, 0.5) is 0 Å². The molecule has 0 atom stereocenters. The highest BCUT2D eigenvalue weighted by atomic mass is 14.9. The predicted molar refractivity (Wildman–Crippen MR) is 100 cm³/mol. The van der Waals surface area contributed by atoms with Gasteiger partial charge in [0, 0.05) is 35.1 Å². The average Bonchev–Trinajstić information content (AvgIpc) is 2.52. The molecule has 22 heavy (non-hydrogen) atoms. The summed E-state index contributed by atoms with van der Waals surface area (Å²) >= 11 is 0. The van der Waals surface area contributed by atoms with Crippen LogP contribution in [-0.4, -0.2) is 12.9 Å². The van der Waals surface area contributed by atoms with Crippen molar-refractivity contribution in [3.05, 3.63) is 85.1 Å². The molecule has 1 N–H and O–H groups in total. The molecule has 0 heterocycles. The number of nitrogens with zero attached hydrogens (tertiary/aromatic N) is 2. The summed E-state index contributed by atoms with van der Waals surface area (Å²) in [6, 6.07) is 0. The van der Waals surface area contributed by atoms with Gasteiger partial charge in [0.2, 0.25) is 0 Å². The second kappa shape index (κ2) is 11.0. The summed E-state index contributed by atoms with van der Waals surface area (Å²) in [5, 5.41) is 3.26. The second-order valence-electron chi connectivity index (χ2n) is 4.33. The van der Waals surface area contributed by atoms with Gasteiger partial charge < -0.3 is 5.32 Å². The van der Waals surface area contributed by atoms with Crippen molar-refractivity contribution in [3.8, 4) is 0 Å². The second-order valence-corrected chi connectivity index (χ2v) is 4.33. The van der Waals surface area contributed by atoms with Crippen molar-refractivity contribution in [3.63, 3.8) is 0 Å². The van der Waals surface area contributed by atoms with Crippen LogP contribution in [0.2, 0.25) is 0 Å². The minimum Gasteiger partial charge on any atom is -0.355 e. The molecule has 0 amide bonds. The highest BCUT2D eigenvalue weighted by Gasteiger charge is 2.07. The molecule has 0 aliphatic heterocycles. The van der Waals surface area contributed by atoms with Gasteiger partial charge in [-0.3, -0.25) is 9.98 Å². The molecule has 0 spiro atoms. The van der Waals surface area contributed by atoms with E-state index in [-0.39, 0.29) is 0 Å². The first-order chi connectivity index (χ1) is 10.5. The molecule has 0 aromatic rings. The van der Waals surface area contributed by atoms with Gasteiger partial charge in [0.15, 0.2) is 0 Å². The highest BCUT2D eigenvalue weighted by Crippen LogP contribution is 2.19. The minimum atomic E-state index is 0.679. The largest absolute Gasteiger partial charge is 0.355 e. The van der Waals surface area contributed by atoms with Crippen molar-refractivity contribution in [2.75, 3.05) is 0 Å². The molecule has 0 aliphatic rings. The SMILES string of the molecule is C=CC=N/C(CC)=C(C)/C(=C\C=C)NC(=C)/C(C=C)=C\N=C. The smallest absolute Gasteiger partial charge is 0.0450 e. The Kier molecular flexibility index (Phi) is 9.69. The molecule has 0 aromatic carbocycles. The van der Waals surface area contributed by atoms with E-state index in [1.807, 2.05) is 13.0 Å². The van der Waals surface area contributed by atoms with Crippen LogP contribution in [0.15, 0.2) is 95.0 Å². The summed E-state index contributed by atoms with van der Waals surface area (Å²) in [5.74, 6) is 0. The maximum atomic E-state index is 4.40. The van der Waals surface area contributed by atoms with Gasteiger partial charge in [-0.25, -0.2) is 0 Å². The van der Waals surface area contributed by atoms with Crippen LogP contribution in [0.5, 0.6) is 0 Å². The van der Waals surface area contributed by atoms with Crippen LogP contribution in [0.3, 0.4) is 0 Å². The van der Waals surface area contributed by atoms with Gasteiger partial charge in [0.05, 0.1) is 0 Å². The zero-order valence-corrected chi connectivity index (χ0v) is 13.6. The lowest BCUT2D eigenvalue weighted by molar-refractivity contribution is 0.956. The lowest BCUT2D eigenvalue weighted by atomic mass is 10.1. The van der Waals surface area contributed by atoms with E-state index in [1.54, 1.807) is 30.6 Å². The van der Waals surface area contributed by atoms with Crippen molar-refractivity contribution >= 4 is 12.9 Å². The summed E-state index contributed by atoms with van der Waals surface area (Å²) in [6.45, 7) is 22.6. The Morgan fingerprint density at radius 1 is 1.18 bits per heavy atom. The van der Waals surface area contributed by atoms with Crippen molar-refractivity contribution in [2.24, 2.45) is 9.98 Å². The first-order valence-electron chi connectivity index (χ1n) is 6.98. The average molecular weight is 295 g/mol. The van der Waals surface area contributed by atoms with Crippen LogP contribution < -0.4 is 5.32 Å². The Morgan fingerprint density at radius 3 is 2.32 bits per heavy atom. The van der Waals surface area contributed by atoms with Gasteiger partial charge in [-0.05, 0) is 31.7 Å². The van der Waals surface area contributed by atoms with Crippen molar-refractivity contribution < 1.29 is 0 Å². The fourth-order valence-corrected chi connectivity index (χ4v) is 1.72. The molecule has 3 nitrogen and oxygen atoms in total. The number of aliphatic imine (C=N–C) groups is 2. The highest BCUT2D eigenvalue weighted by molar-refractivity contribution is 5.71. The molecule has 116 valence electrons. The minimum absolute atomic E-state index is 0.679. The van der Waals surface area contributed by atoms with Crippen LogP contribution in [0, 0.1) is 0 Å².